The monoisotopic (exact) mass is 486 g/mol. The second-order valence-electron chi connectivity index (χ2n) is 8.22. The smallest absolute Gasteiger partial charge is 0.291 e. The Morgan fingerprint density at radius 2 is 1.68 bits per heavy atom. The molecule has 8 nitrogen and oxygen atoms in total. The van der Waals surface area contributed by atoms with Crippen LogP contribution in [0.2, 0.25) is 5.02 Å². The third-order valence-corrected chi connectivity index (χ3v) is 6.58. The highest BCUT2D eigenvalue weighted by atomic mass is 35.5. The maximum atomic E-state index is 13.5. The number of methoxy groups -OCH3 is 2. The molecule has 0 aliphatic carbocycles. The molecule has 9 heteroatoms. The van der Waals surface area contributed by atoms with Crippen molar-refractivity contribution >= 4 is 29.1 Å². The van der Waals surface area contributed by atoms with E-state index >= 15 is 0 Å². The van der Waals surface area contributed by atoms with Crippen molar-refractivity contribution in [2.24, 2.45) is 5.92 Å². The summed E-state index contributed by atoms with van der Waals surface area (Å²) >= 11 is 5.97. The molecule has 1 amide bonds. The molecular formula is C25H27ClN2O6. The molecule has 2 unspecified atom stereocenters. The zero-order chi connectivity index (χ0) is 24.2. The summed E-state index contributed by atoms with van der Waals surface area (Å²) in [6.45, 7) is 3.66. The molecule has 0 radical (unpaired) electrons. The summed E-state index contributed by atoms with van der Waals surface area (Å²) in [5, 5.41) is 0.481. The van der Waals surface area contributed by atoms with Crippen LogP contribution in [0.25, 0.3) is 0 Å². The highest BCUT2D eigenvalue weighted by molar-refractivity contribution is 6.44. The Morgan fingerprint density at radius 1 is 1.00 bits per heavy atom. The zero-order valence-electron chi connectivity index (χ0n) is 19.2. The van der Waals surface area contributed by atoms with Crippen LogP contribution in [0.1, 0.15) is 22.0 Å². The Hall–Kier alpha value is -2.94. The lowest BCUT2D eigenvalue weighted by Gasteiger charge is -2.32. The molecule has 2 saturated heterocycles. The fraction of sp³-hybridized carbons (Fsp3) is 0.400. The van der Waals surface area contributed by atoms with Gasteiger partial charge in [-0.2, -0.15) is 0 Å². The van der Waals surface area contributed by atoms with Crippen LogP contribution in [0, 0.1) is 5.92 Å². The molecule has 0 bridgehead atoms. The van der Waals surface area contributed by atoms with Crippen molar-refractivity contribution in [2.45, 2.75) is 6.04 Å². The van der Waals surface area contributed by atoms with Crippen LogP contribution in [-0.4, -0.2) is 80.9 Å². The molecule has 4 rings (SSSR count). The highest BCUT2D eigenvalue weighted by Crippen LogP contribution is 2.41. The van der Waals surface area contributed by atoms with Gasteiger partial charge in [-0.15, -0.1) is 0 Å². The standard InChI is InChI=1S/C25H27ClN2O6/c1-32-19-8-5-17(15-20(19)33-2)22-21(23(29)16-3-6-18(26)7-4-16)24(30)25(31)28(22)10-9-27-11-13-34-14-12-27/h3-8,15,21-22H,9-14H2,1-2H3. The van der Waals surface area contributed by atoms with E-state index < -0.39 is 29.4 Å². The van der Waals surface area contributed by atoms with Crippen LogP contribution in [0.3, 0.4) is 0 Å². The lowest BCUT2D eigenvalue weighted by molar-refractivity contribution is -0.141. The van der Waals surface area contributed by atoms with Gasteiger partial charge in [0.2, 0.25) is 5.78 Å². The Labute approximate surface area is 203 Å². The van der Waals surface area contributed by atoms with Gasteiger partial charge in [0.05, 0.1) is 33.5 Å². The number of likely N-dealkylation sites (tertiary alicyclic amines) is 1. The molecule has 2 aromatic rings. The van der Waals surface area contributed by atoms with E-state index in [1.54, 1.807) is 42.5 Å². The first-order chi connectivity index (χ1) is 16.4. The molecule has 0 aromatic heterocycles. The number of amides is 1. The number of carbonyl (C=O) groups is 3. The van der Waals surface area contributed by atoms with E-state index in [1.807, 2.05) is 0 Å². The van der Waals surface area contributed by atoms with E-state index in [0.717, 1.165) is 13.1 Å². The topological polar surface area (TPSA) is 85.4 Å². The number of Topliss-reactive ketones (excluding diaryl/α,β-unsaturated/α-hetero) is 2. The molecule has 0 N–H and O–H groups in total. The van der Waals surface area contributed by atoms with Crippen LogP contribution in [0.15, 0.2) is 42.5 Å². The van der Waals surface area contributed by atoms with E-state index in [0.29, 0.717) is 54.0 Å². The molecule has 2 heterocycles. The molecule has 0 spiro atoms. The number of ether oxygens (including phenoxy) is 3. The lowest BCUT2D eigenvalue weighted by Crippen LogP contribution is -2.42. The second kappa shape index (κ2) is 10.5. The van der Waals surface area contributed by atoms with Gasteiger partial charge in [0.1, 0.15) is 5.92 Å². The van der Waals surface area contributed by atoms with Gasteiger partial charge in [-0.05, 0) is 42.0 Å². The molecule has 2 atom stereocenters. The molecule has 2 fully saturated rings. The Kier molecular flexibility index (Phi) is 7.50. The van der Waals surface area contributed by atoms with Crippen molar-refractivity contribution in [1.82, 2.24) is 9.80 Å². The summed E-state index contributed by atoms with van der Waals surface area (Å²) in [4.78, 5) is 43.5. The van der Waals surface area contributed by atoms with Gasteiger partial charge in [0, 0.05) is 36.8 Å². The number of ketones is 2. The first-order valence-electron chi connectivity index (χ1n) is 11.1. The van der Waals surface area contributed by atoms with Gasteiger partial charge in [0.25, 0.3) is 5.91 Å². The number of hydrogen-bond donors (Lipinski definition) is 0. The predicted molar refractivity (Wildman–Crippen MR) is 126 cm³/mol. The number of halogens is 1. The number of nitrogens with zero attached hydrogens (tertiary/aromatic N) is 2. The third kappa shape index (κ3) is 4.80. The van der Waals surface area contributed by atoms with E-state index in [2.05, 4.69) is 4.90 Å². The predicted octanol–water partition coefficient (Wildman–Crippen LogP) is 2.64. The normalized spacial score (nSPS) is 21.1. The maximum Gasteiger partial charge on any atom is 0.291 e. The molecule has 180 valence electrons. The van der Waals surface area contributed by atoms with Gasteiger partial charge in [0.15, 0.2) is 17.3 Å². The van der Waals surface area contributed by atoms with Crippen LogP contribution in [-0.2, 0) is 14.3 Å². The Morgan fingerprint density at radius 3 is 2.32 bits per heavy atom. The summed E-state index contributed by atoms with van der Waals surface area (Å²) in [5.41, 5.74) is 0.960. The minimum Gasteiger partial charge on any atom is -0.493 e. The Balaban J connectivity index is 1.71. The fourth-order valence-electron chi connectivity index (χ4n) is 4.50. The number of morpholine rings is 1. The first kappa shape index (κ1) is 24.2. The molecule has 34 heavy (non-hydrogen) atoms. The van der Waals surface area contributed by atoms with Gasteiger partial charge in [-0.25, -0.2) is 0 Å². The average Bonchev–Trinajstić information content (AvgIpc) is 3.12. The van der Waals surface area contributed by atoms with Crippen molar-refractivity contribution in [2.75, 3.05) is 53.6 Å². The minimum absolute atomic E-state index is 0.313. The number of carbonyl (C=O) groups excluding carboxylic acids is 3. The lowest BCUT2D eigenvalue weighted by atomic mass is 9.86. The summed E-state index contributed by atoms with van der Waals surface area (Å²) in [6, 6.07) is 10.8. The van der Waals surface area contributed by atoms with Crippen molar-refractivity contribution in [1.29, 1.82) is 0 Å². The first-order valence-corrected chi connectivity index (χ1v) is 11.5. The third-order valence-electron chi connectivity index (χ3n) is 6.33. The van der Waals surface area contributed by atoms with Crippen molar-refractivity contribution in [3.8, 4) is 11.5 Å². The maximum absolute atomic E-state index is 13.5. The van der Waals surface area contributed by atoms with Crippen LogP contribution >= 0.6 is 11.6 Å². The minimum atomic E-state index is -1.17. The van der Waals surface area contributed by atoms with Crippen molar-refractivity contribution < 1.29 is 28.6 Å². The second-order valence-corrected chi connectivity index (χ2v) is 8.66. The average molecular weight is 487 g/mol. The number of rotatable bonds is 8. The summed E-state index contributed by atoms with van der Waals surface area (Å²) in [5.74, 6) is -1.97. The van der Waals surface area contributed by atoms with Crippen molar-refractivity contribution in [3.63, 3.8) is 0 Å². The van der Waals surface area contributed by atoms with E-state index in [9.17, 15) is 14.4 Å². The number of benzene rings is 2. The molecule has 2 aliphatic rings. The van der Waals surface area contributed by atoms with E-state index in [-0.39, 0.29) is 0 Å². The largest absolute Gasteiger partial charge is 0.493 e. The highest BCUT2D eigenvalue weighted by Gasteiger charge is 2.51. The van der Waals surface area contributed by atoms with E-state index in [4.69, 9.17) is 25.8 Å². The number of hydrogen-bond acceptors (Lipinski definition) is 7. The van der Waals surface area contributed by atoms with Gasteiger partial charge < -0.3 is 19.1 Å². The quantitative estimate of drug-likeness (QED) is 0.322. The summed E-state index contributed by atoms with van der Waals surface area (Å²) < 4.78 is 16.2. The SMILES string of the molecule is COc1ccc(C2C(C(=O)c3ccc(Cl)cc3)C(=O)C(=O)N2CCN2CCOCC2)cc1OC. The summed E-state index contributed by atoms with van der Waals surface area (Å²) in [6.07, 6.45) is 0. The zero-order valence-corrected chi connectivity index (χ0v) is 19.9. The molecule has 2 aliphatic heterocycles. The van der Waals surface area contributed by atoms with Gasteiger partial charge in [-0.1, -0.05) is 17.7 Å². The van der Waals surface area contributed by atoms with E-state index in [1.165, 1.54) is 19.1 Å². The molecule has 2 aromatic carbocycles. The van der Waals surface area contributed by atoms with Crippen LogP contribution < -0.4 is 9.47 Å². The van der Waals surface area contributed by atoms with Gasteiger partial charge in [-0.3, -0.25) is 19.3 Å². The van der Waals surface area contributed by atoms with Crippen molar-refractivity contribution in [3.05, 3.63) is 58.6 Å². The Bertz CT molecular complexity index is 1070. The van der Waals surface area contributed by atoms with Crippen LogP contribution in [0.4, 0.5) is 0 Å². The fourth-order valence-corrected chi connectivity index (χ4v) is 4.63. The van der Waals surface area contributed by atoms with Crippen LogP contribution in [0.5, 0.6) is 11.5 Å². The summed E-state index contributed by atoms with van der Waals surface area (Å²) in [7, 11) is 3.04. The van der Waals surface area contributed by atoms with Gasteiger partial charge >= 0.3 is 0 Å². The molecule has 0 saturated carbocycles. The molecular weight excluding hydrogens is 460 g/mol.